The van der Waals surface area contributed by atoms with Gasteiger partial charge in [-0.1, -0.05) is 37.7 Å². The molecule has 0 N–H and O–H groups in total. The highest BCUT2D eigenvalue weighted by Crippen LogP contribution is 2.32. The van der Waals surface area contributed by atoms with Crippen LogP contribution in [0.3, 0.4) is 0 Å². The smallest absolute Gasteiger partial charge is 0.263 e. The van der Waals surface area contributed by atoms with Crippen molar-refractivity contribution in [1.29, 1.82) is 0 Å². The summed E-state index contributed by atoms with van der Waals surface area (Å²) in [6.07, 6.45) is 0. The van der Waals surface area contributed by atoms with Gasteiger partial charge in [-0.25, -0.2) is 9.37 Å². The summed E-state index contributed by atoms with van der Waals surface area (Å²) in [5.74, 6) is -0.287. The van der Waals surface area contributed by atoms with Crippen molar-refractivity contribution in [2.45, 2.75) is 24.3 Å². The highest BCUT2D eigenvalue weighted by molar-refractivity contribution is 7.99. The fraction of sp³-hybridized carbons (Fsp3) is 0.250. The fourth-order valence-electron chi connectivity index (χ4n) is 2.21. The van der Waals surface area contributed by atoms with Gasteiger partial charge >= 0.3 is 0 Å². The lowest BCUT2D eigenvalue weighted by Gasteiger charge is -2.09. The number of aromatic nitrogens is 2. The standard InChI is InChI=1S/C16H15FN2OS2/c1-9(2)22-16-18-14-13(15(20)19(16)3)12(8-21-14)10-4-6-11(17)7-5-10/h4-9H,1-3H3. The quantitative estimate of drug-likeness (QED) is 0.529. The van der Waals surface area contributed by atoms with E-state index >= 15 is 0 Å². The van der Waals surface area contributed by atoms with E-state index in [0.29, 0.717) is 10.6 Å². The van der Waals surface area contributed by atoms with E-state index in [4.69, 9.17) is 0 Å². The van der Waals surface area contributed by atoms with Crippen LogP contribution in [0.15, 0.2) is 39.6 Å². The Bertz CT molecular complexity index is 882. The second-order valence-corrected chi connectivity index (χ2v) is 7.66. The SMILES string of the molecule is CC(C)Sc1nc2scc(-c3ccc(F)cc3)c2c(=O)n1C. The molecule has 0 aliphatic rings. The Labute approximate surface area is 135 Å². The third kappa shape index (κ3) is 2.68. The number of halogens is 1. The third-order valence-corrected chi connectivity index (χ3v) is 5.19. The molecule has 3 nitrogen and oxygen atoms in total. The second-order valence-electron chi connectivity index (χ2n) is 5.26. The summed E-state index contributed by atoms with van der Waals surface area (Å²) in [6, 6.07) is 6.18. The zero-order valence-electron chi connectivity index (χ0n) is 12.5. The molecular weight excluding hydrogens is 319 g/mol. The van der Waals surface area contributed by atoms with Crippen molar-refractivity contribution in [2.24, 2.45) is 7.05 Å². The van der Waals surface area contributed by atoms with Gasteiger partial charge in [0.1, 0.15) is 10.6 Å². The van der Waals surface area contributed by atoms with Crippen LogP contribution >= 0.6 is 23.1 Å². The van der Waals surface area contributed by atoms with E-state index in [9.17, 15) is 9.18 Å². The molecule has 3 rings (SSSR count). The number of fused-ring (bicyclic) bond motifs is 1. The molecule has 0 saturated heterocycles. The highest BCUT2D eigenvalue weighted by atomic mass is 32.2. The van der Waals surface area contributed by atoms with E-state index in [0.717, 1.165) is 21.1 Å². The molecule has 114 valence electrons. The minimum atomic E-state index is -0.287. The third-order valence-electron chi connectivity index (χ3n) is 3.27. The van der Waals surface area contributed by atoms with Gasteiger partial charge in [0.05, 0.1) is 5.39 Å². The molecule has 0 saturated carbocycles. The average molecular weight is 334 g/mol. The van der Waals surface area contributed by atoms with Gasteiger partial charge in [0, 0.05) is 23.2 Å². The van der Waals surface area contributed by atoms with E-state index < -0.39 is 0 Å². The van der Waals surface area contributed by atoms with Gasteiger partial charge in [0.25, 0.3) is 5.56 Å². The zero-order chi connectivity index (χ0) is 15.9. The second kappa shape index (κ2) is 5.85. The van der Waals surface area contributed by atoms with E-state index in [-0.39, 0.29) is 11.4 Å². The van der Waals surface area contributed by atoms with Gasteiger partial charge in [-0.15, -0.1) is 11.3 Å². The normalized spacial score (nSPS) is 11.5. The number of nitrogens with zero attached hydrogens (tertiary/aromatic N) is 2. The monoisotopic (exact) mass is 334 g/mol. The molecule has 0 amide bonds. The molecule has 0 spiro atoms. The van der Waals surface area contributed by atoms with Gasteiger partial charge in [0.2, 0.25) is 0 Å². The summed E-state index contributed by atoms with van der Waals surface area (Å²) in [5, 5.41) is 3.59. The Morgan fingerprint density at radius 2 is 1.95 bits per heavy atom. The van der Waals surface area contributed by atoms with Crippen molar-refractivity contribution >= 4 is 33.3 Å². The number of hydrogen-bond acceptors (Lipinski definition) is 4. The van der Waals surface area contributed by atoms with E-state index in [1.54, 1.807) is 35.5 Å². The molecule has 0 fully saturated rings. The van der Waals surface area contributed by atoms with Crippen LogP contribution in [0.2, 0.25) is 0 Å². The van der Waals surface area contributed by atoms with Gasteiger partial charge < -0.3 is 0 Å². The maximum atomic E-state index is 13.1. The summed E-state index contributed by atoms with van der Waals surface area (Å²) in [6.45, 7) is 4.14. The molecule has 0 unspecified atom stereocenters. The first-order valence-electron chi connectivity index (χ1n) is 6.88. The van der Waals surface area contributed by atoms with Crippen LogP contribution < -0.4 is 5.56 Å². The predicted octanol–water partition coefficient (Wildman–Crippen LogP) is 4.30. The Morgan fingerprint density at radius 3 is 2.59 bits per heavy atom. The zero-order valence-corrected chi connectivity index (χ0v) is 14.1. The van der Waals surface area contributed by atoms with Crippen LogP contribution in [0, 0.1) is 5.82 Å². The number of hydrogen-bond donors (Lipinski definition) is 0. The van der Waals surface area contributed by atoms with E-state index in [2.05, 4.69) is 18.8 Å². The molecule has 0 bridgehead atoms. The molecular formula is C16H15FN2OS2. The van der Waals surface area contributed by atoms with Gasteiger partial charge in [-0.05, 0) is 17.7 Å². The van der Waals surface area contributed by atoms with Crippen molar-refractivity contribution in [3.05, 3.63) is 45.8 Å². The molecule has 2 heterocycles. The Kier molecular flexibility index (Phi) is 4.06. The van der Waals surface area contributed by atoms with Gasteiger partial charge in [0.15, 0.2) is 5.16 Å². The molecule has 0 radical (unpaired) electrons. The lowest BCUT2D eigenvalue weighted by molar-refractivity contribution is 0.628. The topological polar surface area (TPSA) is 34.9 Å². The summed E-state index contributed by atoms with van der Waals surface area (Å²) in [5.41, 5.74) is 1.58. The van der Waals surface area contributed by atoms with Crippen LogP contribution in [-0.2, 0) is 7.05 Å². The first-order chi connectivity index (χ1) is 10.5. The maximum Gasteiger partial charge on any atom is 0.263 e. The lowest BCUT2D eigenvalue weighted by atomic mass is 10.1. The average Bonchev–Trinajstić information content (AvgIpc) is 2.88. The summed E-state index contributed by atoms with van der Waals surface area (Å²) >= 11 is 3.02. The Hall–Kier alpha value is -1.66. The molecule has 0 aliphatic carbocycles. The van der Waals surface area contributed by atoms with Crippen molar-refractivity contribution < 1.29 is 4.39 Å². The van der Waals surface area contributed by atoms with Crippen LogP contribution in [0.5, 0.6) is 0 Å². The molecule has 6 heteroatoms. The van der Waals surface area contributed by atoms with Crippen LogP contribution in [0.4, 0.5) is 4.39 Å². The number of rotatable bonds is 3. The largest absolute Gasteiger partial charge is 0.290 e. The van der Waals surface area contributed by atoms with Crippen molar-refractivity contribution in [3.8, 4) is 11.1 Å². The fourth-order valence-corrected chi connectivity index (χ4v) is 4.01. The van der Waals surface area contributed by atoms with Crippen molar-refractivity contribution in [1.82, 2.24) is 9.55 Å². The number of benzene rings is 1. The molecule has 2 aromatic heterocycles. The summed E-state index contributed by atoms with van der Waals surface area (Å²) < 4.78 is 14.7. The molecule has 22 heavy (non-hydrogen) atoms. The molecule has 3 aromatic rings. The van der Waals surface area contributed by atoms with E-state index in [1.807, 2.05) is 5.38 Å². The molecule has 0 atom stereocenters. The molecule has 1 aromatic carbocycles. The predicted molar refractivity (Wildman–Crippen MR) is 91.2 cm³/mol. The first kappa shape index (κ1) is 15.2. The van der Waals surface area contributed by atoms with Crippen LogP contribution in [-0.4, -0.2) is 14.8 Å². The van der Waals surface area contributed by atoms with Crippen LogP contribution in [0.1, 0.15) is 13.8 Å². The lowest BCUT2D eigenvalue weighted by Crippen LogP contribution is -2.20. The number of thiophene rings is 1. The number of thioether (sulfide) groups is 1. The molecule has 0 aliphatic heterocycles. The van der Waals surface area contributed by atoms with E-state index in [1.165, 1.54) is 23.5 Å². The summed E-state index contributed by atoms with van der Waals surface area (Å²) in [7, 11) is 1.74. The Balaban J connectivity index is 2.21. The van der Waals surface area contributed by atoms with Gasteiger partial charge in [-0.2, -0.15) is 0 Å². The van der Waals surface area contributed by atoms with Crippen LogP contribution in [0.25, 0.3) is 21.3 Å². The minimum Gasteiger partial charge on any atom is -0.290 e. The first-order valence-corrected chi connectivity index (χ1v) is 8.64. The minimum absolute atomic E-state index is 0.0614. The van der Waals surface area contributed by atoms with Gasteiger partial charge in [-0.3, -0.25) is 9.36 Å². The maximum absolute atomic E-state index is 13.1. The van der Waals surface area contributed by atoms with Crippen molar-refractivity contribution in [2.75, 3.05) is 0 Å². The van der Waals surface area contributed by atoms with Crippen molar-refractivity contribution in [3.63, 3.8) is 0 Å². The highest BCUT2D eigenvalue weighted by Gasteiger charge is 2.16. The Morgan fingerprint density at radius 1 is 1.27 bits per heavy atom. The summed E-state index contributed by atoms with van der Waals surface area (Å²) in [4.78, 5) is 18.0.